The van der Waals surface area contributed by atoms with Gasteiger partial charge in [0.25, 0.3) is 0 Å². The maximum atomic E-state index is 6.12. The second-order valence-electron chi connectivity index (χ2n) is 4.95. The molecule has 0 saturated heterocycles. The molecule has 0 fully saturated rings. The van der Waals surface area contributed by atoms with Crippen LogP contribution < -0.4 is 0 Å². The summed E-state index contributed by atoms with van der Waals surface area (Å²) in [6.07, 6.45) is 3.18. The van der Waals surface area contributed by atoms with Crippen LogP contribution in [0, 0.1) is 0 Å². The minimum Gasteiger partial charge on any atom is -0.367 e. The number of hydrogen-bond acceptors (Lipinski definition) is 3. The fourth-order valence-electron chi connectivity index (χ4n) is 2.20. The maximum Gasteiger partial charge on any atom is 0.137 e. The molecule has 3 aromatic rings. The second-order valence-corrected chi connectivity index (χ2v) is 5.87. The van der Waals surface area contributed by atoms with Crippen LogP contribution in [0.4, 0.5) is 0 Å². The molecule has 112 valence electrons. The molecule has 1 unspecified atom stereocenters. The maximum absolute atomic E-state index is 6.12. The predicted octanol–water partition coefficient (Wildman–Crippen LogP) is 4.00. The van der Waals surface area contributed by atoms with Crippen molar-refractivity contribution in [1.82, 2.24) is 14.8 Å². The summed E-state index contributed by atoms with van der Waals surface area (Å²) in [5.41, 5.74) is 2.28. The summed E-state index contributed by atoms with van der Waals surface area (Å²) < 4.78 is 8.98. The molecule has 0 spiro atoms. The molecule has 0 N–H and O–H groups in total. The average molecular weight is 358 g/mol. The molecule has 0 radical (unpaired) electrons. The van der Waals surface area contributed by atoms with E-state index in [2.05, 4.69) is 50.3 Å². The summed E-state index contributed by atoms with van der Waals surface area (Å²) in [4.78, 5) is 3.99. The van der Waals surface area contributed by atoms with E-state index < -0.39 is 0 Å². The number of halogens is 1. The molecular weight excluding hydrogens is 342 g/mol. The van der Waals surface area contributed by atoms with Crippen molar-refractivity contribution < 1.29 is 4.74 Å². The van der Waals surface area contributed by atoms with Crippen molar-refractivity contribution in [2.45, 2.75) is 19.3 Å². The van der Waals surface area contributed by atoms with Gasteiger partial charge in [0.15, 0.2) is 0 Å². The summed E-state index contributed by atoms with van der Waals surface area (Å²) in [5, 5.41) is 4.17. The molecule has 4 nitrogen and oxygen atoms in total. The van der Waals surface area contributed by atoms with Crippen LogP contribution in [0.15, 0.2) is 71.7 Å². The van der Waals surface area contributed by atoms with Crippen LogP contribution in [0.5, 0.6) is 0 Å². The first-order valence-electron chi connectivity index (χ1n) is 7.04. The van der Waals surface area contributed by atoms with Crippen molar-refractivity contribution in [2.24, 2.45) is 0 Å². The largest absolute Gasteiger partial charge is 0.367 e. The van der Waals surface area contributed by atoms with E-state index in [0.717, 1.165) is 15.6 Å². The fourth-order valence-corrected chi connectivity index (χ4v) is 2.46. The van der Waals surface area contributed by atoms with Gasteiger partial charge in [0.05, 0.1) is 13.2 Å². The monoisotopic (exact) mass is 357 g/mol. The van der Waals surface area contributed by atoms with Gasteiger partial charge >= 0.3 is 0 Å². The van der Waals surface area contributed by atoms with Crippen molar-refractivity contribution in [3.05, 3.63) is 82.9 Å². The number of aromatic nitrogens is 3. The highest BCUT2D eigenvalue weighted by molar-refractivity contribution is 9.10. The Balaban J connectivity index is 1.72. The van der Waals surface area contributed by atoms with Crippen molar-refractivity contribution in [2.75, 3.05) is 0 Å². The van der Waals surface area contributed by atoms with Gasteiger partial charge in [0.1, 0.15) is 18.8 Å². The third kappa shape index (κ3) is 4.02. The summed E-state index contributed by atoms with van der Waals surface area (Å²) in [6.45, 7) is 1.20. The molecule has 0 saturated carbocycles. The van der Waals surface area contributed by atoms with Crippen LogP contribution >= 0.6 is 15.9 Å². The topological polar surface area (TPSA) is 39.9 Å². The smallest absolute Gasteiger partial charge is 0.137 e. The molecule has 2 aromatic carbocycles. The zero-order valence-electron chi connectivity index (χ0n) is 12.0. The quantitative estimate of drug-likeness (QED) is 0.669. The normalized spacial score (nSPS) is 12.2. The van der Waals surface area contributed by atoms with Crippen molar-refractivity contribution in [3.63, 3.8) is 0 Å². The number of hydrogen-bond donors (Lipinski definition) is 0. The highest BCUT2D eigenvalue weighted by Gasteiger charge is 2.13. The van der Waals surface area contributed by atoms with E-state index in [-0.39, 0.29) is 6.10 Å². The molecule has 0 aliphatic heterocycles. The Morgan fingerprint density at radius 1 is 1.05 bits per heavy atom. The van der Waals surface area contributed by atoms with Gasteiger partial charge in [-0.2, -0.15) is 5.10 Å². The van der Waals surface area contributed by atoms with Gasteiger partial charge in [-0.3, -0.25) is 4.68 Å². The zero-order valence-corrected chi connectivity index (χ0v) is 13.6. The van der Waals surface area contributed by atoms with Gasteiger partial charge in [-0.15, -0.1) is 0 Å². The first kappa shape index (κ1) is 14.9. The summed E-state index contributed by atoms with van der Waals surface area (Å²) in [7, 11) is 0. The lowest BCUT2D eigenvalue weighted by Crippen LogP contribution is -2.13. The lowest BCUT2D eigenvalue weighted by molar-refractivity contribution is 0.0256. The molecule has 0 amide bonds. The molecule has 1 heterocycles. The Morgan fingerprint density at radius 3 is 2.50 bits per heavy atom. The lowest BCUT2D eigenvalue weighted by Gasteiger charge is -2.18. The highest BCUT2D eigenvalue weighted by Crippen LogP contribution is 2.21. The van der Waals surface area contributed by atoms with Gasteiger partial charge in [-0.05, 0) is 23.3 Å². The Morgan fingerprint density at radius 2 is 1.82 bits per heavy atom. The Bertz CT molecular complexity index is 684. The van der Waals surface area contributed by atoms with E-state index in [4.69, 9.17) is 4.74 Å². The van der Waals surface area contributed by atoms with E-state index in [1.54, 1.807) is 11.0 Å². The molecule has 0 aliphatic carbocycles. The second kappa shape index (κ2) is 7.33. The van der Waals surface area contributed by atoms with Crippen LogP contribution in [0.3, 0.4) is 0 Å². The predicted molar refractivity (Wildman–Crippen MR) is 88.1 cm³/mol. The molecule has 1 atom stereocenters. The van der Waals surface area contributed by atoms with Crippen LogP contribution in [-0.4, -0.2) is 14.8 Å². The molecule has 22 heavy (non-hydrogen) atoms. The fraction of sp³-hybridized carbons (Fsp3) is 0.176. The van der Waals surface area contributed by atoms with E-state index in [0.29, 0.717) is 13.2 Å². The SMILES string of the molecule is Brc1ccc(COC(Cn2cncn2)c2ccccc2)cc1. The average Bonchev–Trinajstić information content (AvgIpc) is 3.07. The molecule has 5 heteroatoms. The van der Waals surface area contributed by atoms with Crippen LogP contribution in [0.1, 0.15) is 17.2 Å². The van der Waals surface area contributed by atoms with Crippen LogP contribution in [0.2, 0.25) is 0 Å². The van der Waals surface area contributed by atoms with Crippen molar-refractivity contribution >= 4 is 15.9 Å². The van der Waals surface area contributed by atoms with Crippen LogP contribution in [-0.2, 0) is 17.9 Å². The van der Waals surface area contributed by atoms with E-state index in [9.17, 15) is 0 Å². The van der Waals surface area contributed by atoms with E-state index >= 15 is 0 Å². The van der Waals surface area contributed by atoms with E-state index in [1.165, 1.54) is 6.33 Å². The standard InChI is InChI=1S/C17H16BrN3O/c18-16-8-6-14(7-9-16)11-22-17(10-21-13-19-12-20-21)15-4-2-1-3-5-15/h1-9,12-13,17H,10-11H2. The summed E-state index contributed by atoms with van der Waals surface area (Å²) in [6, 6.07) is 18.3. The van der Waals surface area contributed by atoms with Crippen molar-refractivity contribution in [3.8, 4) is 0 Å². The molecule has 0 bridgehead atoms. The van der Waals surface area contributed by atoms with Gasteiger partial charge in [0.2, 0.25) is 0 Å². The first-order valence-corrected chi connectivity index (χ1v) is 7.84. The Kier molecular flexibility index (Phi) is 4.98. The minimum absolute atomic E-state index is 0.0634. The third-order valence-electron chi connectivity index (χ3n) is 3.36. The molecule has 3 rings (SSSR count). The van der Waals surface area contributed by atoms with Gasteiger partial charge in [-0.25, -0.2) is 4.98 Å². The summed E-state index contributed by atoms with van der Waals surface area (Å²) in [5.74, 6) is 0. The molecular formula is C17H16BrN3O. The third-order valence-corrected chi connectivity index (χ3v) is 3.88. The first-order chi connectivity index (χ1) is 10.8. The van der Waals surface area contributed by atoms with Gasteiger partial charge in [0, 0.05) is 4.47 Å². The molecule has 0 aliphatic rings. The lowest BCUT2D eigenvalue weighted by atomic mass is 10.1. The Hall–Kier alpha value is -1.98. The number of nitrogens with zero attached hydrogens (tertiary/aromatic N) is 3. The number of rotatable bonds is 6. The molecule has 1 aromatic heterocycles. The number of ether oxygens (including phenoxy) is 1. The van der Waals surface area contributed by atoms with E-state index in [1.807, 2.05) is 30.3 Å². The minimum atomic E-state index is -0.0634. The zero-order chi connectivity index (χ0) is 15.2. The van der Waals surface area contributed by atoms with Gasteiger partial charge < -0.3 is 4.74 Å². The Labute approximate surface area is 137 Å². The van der Waals surface area contributed by atoms with Gasteiger partial charge in [-0.1, -0.05) is 58.4 Å². The highest BCUT2D eigenvalue weighted by atomic mass is 79.9. The number of benzene rings is 2. The van der Waals surface area contributed by atoms with Crippen LogP contribution in [0.25, 0.3) is 0 Å². The van der Waals surface area contributed by atoms with Crippen molar-refractivity contribution in [1.29, 1.82) is 0 Å². The summed E-state index contributed by atoms with van der Waals surface area (Å²) >= 11 is 3.44.